The molecule has 140 valence electrons. The van der Waals surface area contributed by atoms with Crippen molar-refractivity contribution in [1.29, 1.82) is 0 Å². The van der Waals surface area contributed by atoms with Gasteiger partial charge in [0, 0.05) is 30.7 Å². The van der Waals surface area contributed by atoms with Gasteiger partial charge in [0.2, 0.25) is 0 Å². The molecular formula is C19H26N4O2S. The molecule has 1 aliphatic rings. The van der Waals surface area contributed by atoms with Gasteiger partial charge in [0.05, 0.1) is 19.3 Å². The number of carbonyl (C=O) groups is 1. The Balaban J connectivity index is 1.64. The Morgan fingerprint density at radius 1 is 1.27 bits per heavy atom. The first-order chi connectivity index (χ1) is 12.6. The molecule has 2 aromatic rings. The van der Waals surface area contributed by atoms with Gasteiger partial charge in [-0.3, -0.25) is 10.2 Å². The standard InChI is InChI=1S/C19H26N4O2S/c1-14(2)17-12-20-19(26-17)22-18(24)21-16(15-6-4-3-5-7-15)13-23-8-10-25-11-9-23/h3-7,12,14,16H,8-11,13H2,1-2H3,(H2,20,21,22,24). The number of benzene rings is 1. The van der Waals surface area contributed by atoms with Crippen molar-refractivity contribution in [1.82, 2.24) is 15.2 Å². The second-order valence-corrected chi connectivity index (χ2v) is 7.76. The van der Waals surface area contributed by atoms with Crippen LogP contribution in [-0.4, -0.2) is 48.8 Å². The van der Waals surface area contributed by atoms with E-state index >= 15 is 0 Å². The fourth-order valence-electron chi connectivity index (χ4n) is 2.86. The normalized spacial score (nSPS) is 16.4. The molecule has 2 N–H and O–H groups in total. The topological polar surface area (TPSA) is 66.5 Å². The Kier molecular flexibility index (Phi) is 6.60. The van der Waals surface area contributed by atoms with Crippen LogP contribution in [0.3, 0.4) is 0 Å². The third-order valence-electron chi connectivity index (χ3n) is 4.36. The highest BCUT2D eigenvalue weighted by Crippen LogP contribution is 2.25. The fraction of sp³-hybridized carbons (Fsp3) is 0.474. The molecule has 0 radical (unpaired) electrons. The summed E-state index contributed by atoms with van der Waals surface area (Å²) in [4.78, 5) is 20.3. The first kappa shape index (κ1) is 18.8. The number of carbonyl (C=O) groups excluding carboxylic acids is 1. The zero-order valence-electron chi connectivity index (χ0n) is 15.3. The van der Waals surface area contributed by atoms with E-state index in [0.29, 0.717) is 11.0 Å². The maximum Gasteiger partial charge on any atom is 0.321 e. The lowest BCUT2D eigenvalue weighted by Crippen LogP contribution is -2.44. The summed E-state index contributed by atoms with van der Waals surface area (Å²) in [6.07, 6.45) is 1.83. The molecule has 1 fully saturated rings. The van der Waals surface area contributed by atoms with Crippen molar-refractivity contribution in [2.75, 3.05) is 38.2 Å². The van der Waals surface area contributed by atoms with Crippen LogP contribution in [0.4, 0.5) is 9.93 Å². The van der Waals surface area contributed by atoms with Crippen molar-refractivity contribution >= 4 is 22.5 Å². The van der Waals surface area contributed by atoms with Crippen LogP contribution in [0, 0.1) is 0 Å². The van der Waals surface area contributed by atoms with E-state index in [9.17, 15) is 4.79 Å². The van der Waals surface area contributed by atoms with E-state index in [4.69, 9.17) is 4.74 Å². The van der Waals surface area contributed by atoms with Crippen LogP contribution in [0.2, 0.25) is 0 Å². The Hall–Kier alpha value is -1.96. The molecule has 3 rings (SSSR count). The average molecular weight is 375 g/mol. The molecule has 1 aliphatic heterocycles. The predicted molar refractivity (Wildman–Crippen MR) is 105 cm³/mol. The minimum atomic E-state index is -0.225. The van der Waals surface area contributed by atoms with Crippen molar-refractivity contribution in [3.05, 3.63) is 47.0 Å². The molecule has 2 heterocycles. The van der Waals surface area contributed by atoms with Crippen LogP contribution >= 0.6 is 11.3 Å². The van der Waals surface area contributed by atoms with Crippen molar-refractivity contribution < 1.29 is 9.53 Å². The third-order valence-corrected chi connectivity index (χ3v) is 5.58. The number of urea groups is 1. The molecule has 26 heavy (non-hydrogen) atoms. The van der Waals surface area contributed by atoms with Gasteiger partial charge in [-0.1, -0.05) is 44.2 Å². The van der Waals surface area contributed by atoms with E-state index in [-0.39, 0.29) is 12.1 Å². The van der Waals surface area contributed by atoms with Crippen LogP contribution in [0.15, 0.2) is 36.5 Å². The third kappa shape index (κ3) is 5.27. The molecule has 0 spiro atoms. The van der Waals surface area contributed by atoms with Crippen molar-refractivity contribution in [3.63, 3.8) is 0 Å². The lowest BCUT2D eigenvalue weighted by Gasteiger charge is -2.31. The van der Waals surface area contributed by atoms with Gasteiger partial charge in [0.25, 0.3) is 0 Å². The zero-order valence-corrected chi connectivity index (χ0v) is 16.1. The molecule has 1 saturated heterocycles. The van der Waals surface area contributed by atoms with E-state index in [2.05, 4.69) is 34.4 Å². The number of aromatic nitrogens is 1. The lowest BCUT2D eigenvalue weighted by atomic mass is 10.1. The van der Waals surface area contributed by atoms with Gasteiger partial charge < -0.3 is 10.1 Å². The SMILES string of the molecule is CC(C)c1cnc(NC(=O)NC(CN2CCOCC2)c2ccccc2)s1. The van der Waals surface area contributed by atoms with Crippen molar-refractivity contribution in [3.8, 4) is 0 Å². The number of amides is 2. The Morgan fingerprint density at radius 2 is 2.00 bits per heavy atom. The second kappa shape index (κ2) is 9.12. The number of morpholine rings is 1. The molecule has 2 amide bonds. The summed E-state index contributed by atoms with van der Waals surface area (Å²) in [5, 5.41) is 6.60. The molecule has 0 saturated carbocycles. The number of hydrogen-bond donors (Lipinski definition) is 2. The summed E-state index contributed by atoms with van der Waals surface area (Å²) >= 11 is 1.52. The van der Waals surface area contributed by atoms with Gasteiger partial charge in [0.15, 0.2) is 5.13 Å². The van der Waals surface area contributed by atoms with Crippen LogP contribution in [0.25, 0.3) is 0 Å². The van der Waals surface area contributed by atoms with Crippen LogP contribution in [0.1, 0.15) is 36.2 Å². The van der Waals surface area contributed by atoms with E-state index in [0.717, 1.165) is 43.3 Å². The van der Waals surface area contributed by atoms with Gasteiger partial charge >= 0.3 is 6.03 Å². The minimum Gasteiger partial charge on any atom is -0.379 e. The number of nitrogens with one attached hydrogen (secondary N) is 2. The van der Waals surface area contributed by atoms with Gasteiger partial charge in [-0.2, -0.15) is 0 Å². The summed E-state index contributed by atoms with van der Waals surface area (Å²) < 4.78 is 5.42. The summed E-state index contributed by atoms with van der Waals surface area (Å²) in [5.41, 5.74) is 1.09. The number of nitrogens with zero attached hydrogens (tertiary/aromatic N) is 2. The van der Waals surface area contributed by atoms with Gasteiger partial charge in [-0.25, -0.2) is 9.78 Å². The molecule has 0 bridgehead atoms. The summed E-state index contributed by atoms with van der Waals surface area (Å²) in [6.45, 7) is 8.25. The maximum absolute atomic E-state index is 12.5. The zero-order chi connectivity index (χ0) is 18.4. The highest BCUT2D eigenvalue weighted by Gasteiger charge is 2.20. The molecular weight excluding hydrogens is 348 g/mol. The van der Waals surface area contributed by atoms with Gasteiger partial charge in [-0.15, -0.1) is 11.3 Å². The van der Waals surface area contributed by atoms with E-state index in [1.165, 1.54) is 11.3 Å². The number of rotatable bonds is 6. The van der Waals surface area contributed by atoms with Crippen molar-refractivity contribution in [2.24, 2.45) is 0 Å². The van der Waals surface area contributed by atoms with Gasteiger partial charge in [-0.05, 0) is 11.5 Å². The van der Waals surface area contributed by atoms with Crippen LogP contribution < -0.4 is 10.6 Å². The Bertz CT molecular complexity index is 699. The van der Waals surface area contributed by atoms with E-state index < -0.39 is 0 Å². The maximum atomic E-state index is 12.5. The van der Waals surface area contributed by atoms with Crippen molar-refractivity contribution in [2.45, 2.75) is 25.8 Å². The second-order valence-electron chi connectivity index (χ2n) is 6.70. The number of thiazole rings is 1. The van der Waals surface area contributed by atoms with Crippen LogP contribution in [-0.2, 0) is 4.74 Å². The highest BCUT2D eigenvalue weighted by atomic mass is 32.1. The number of hydrogen-bond acceptors (Lipinski definition) is 5. The highest BCUT2D eigenvalue weighted by molar-refractivity contribution is 7.15. The molecule has 6 nitrogen and oxygen atoms in total. The largest absolute Gasteiger partial charge is 0.379 e. The number of ether oxygens (including phenoxy) is 1. The number of anilines is 1. The van der Waals surface area contributed by atoms with E-state index in [1.807, 2.05) is 36.5 Å². The predicted octanol–water partition coefficient (Wildman–Crippen LogP) is 3.46. The molecule has 1 aromatic heterocycles. The average Bonchev–Trinajstić information content (AvgIpc) is 3.11. The van der Waals surface area contributed by atoms with Crippen LogP contribution in [0.5, 0.6) is 0 Å². The minimum absolute atomic E-state index is 0.0844. The smallest absolute Gasteiger partial charge is 0.321 e. The summed E-state index contributed by atoms with van der Waals surface area (Å²) in [7, 11) is 0. The quantitative estimate of drug-likeness (QED) is 0.813. The summed E-state index contributed by atoms with van der Waals surface area (Å²) in [5.74, 6) is 0.407. The lowest BCUT2D eigenvalue weighted by molar-refractivity contribution is 0.0340. The Morgan fingerprint density at radius 3 is 2.65 bits per heavy atom. The molecule has 0 aliphatic carbocycles. The molecule has 1 atom stereocenters. The molecule has 1 unspecified atom stereocenters. The first-order valence-corrected chi connectivity index (χ1v) is 9.82. The van der Waals surface area contributed by atoms with E-state index in [1.54, 1.807) is 0 Å². The molecule has 7 heteroatoms. The summed E-state index contributed by atoms with van der Waals surface area (Å²) in [6, 6.07) is 9.76. The first-order valence-electron chi connectivity index (χ1n) is 9.00. The Labute approximate surface area is 158 Å². The monoisotopic (exact) mass is 374 g/mol. The fourth-order valence-corrected chi connectivity index (χ4v) is 3.68. The molecule has 1 aromatic carbocycles. The van der Waals surface area contributed by atoms with Gasteiger partial charge in [0.1, 0.15) is 0 Å².